The van der Waals surface area contributed by atoms with Gasteiger partial charge in [-0.25, -0.2) is 17.9 Å². The summed E-state index contributed by atoms with van der Waals surface area (Å²) in [5.74, 6) is -1.36. The molecule has 0 aliphatic carbocycles. The summed E-state index contributed by atoms with van der Waals surface area (Å²) in [7, 11) is -3.96. The summed E-state index contributed by atoms with van der Waals surface area (Å²) >= 11 is 0. The number of sulfonamides is 1. The van der Waals surface area contributed by atoms with Crippen LogP contribution in [0.3, 0.4) is 0 Å². The quantitative estimate of drug-likeness (QED) is 0.703. The van der Waals surface area contributed by atoms with E-state index in [0.29, 0.717) is 5.56 Å². The first-order valence-electron chi connectivity index (χ1n) is 5.91. The number of carboxylic acids is 1. The standard InChI is InChI=1S/C13H13N3O4S/c14-10-1-2-12(11(7-10)13(17)18)21(19,20)16-8-9-3-5-15-6-4-9/h1-7,16H,8,14H2,(H,17,18). The lowest BCUT2D eigenvalue weighted by molar-refractivity contribution is 0.0692. The number of anilines is 1. The Labute approximate surface area is 121 Å². The van der Waals surface area contributed by atoms with Crippen LogP contribution in [0.1, 0.15) is 15.9 Å². The summed E-state index contributed by atoms with van der Waals surface area (Å²) in [5.41, 5.74) is 6.01. The Kier molecular flexibility index (Phi) is 4.20. The van der Waals surface area contributed by atoms with Gasteiger partial charge in [0.25, 0.3) is 0 Å². The molecule has 1 heterocycles. The van der Waals surface area contributed by atoms with Crippen molar-refractivity contribution in [2.75, 3.05) is 5.73 Å². The van der Waals surface area contributed by atoms with Crippen molar-refractivity contribution in [2.45, 2.75) is 11.4 Å². The van der Waals surface area contributed by atoms with Gasteiger partial charge in [-0.15, -0.1) is 0 Å². The number of carbonyl (C=O) groups is 1. The normalized spacial score (nSPS) is 11.2. The lowest BCUT2D eigenvalue weighted by atomic mass is 10.2. The maximum Gasteiger partial charge on any atom is 0.337 e. The van der Waals surface area contributed by atoms with Crippen LogP contribution < -0.4 is 10.5 Å². The number of nitrogens with one attached hydrogen (secondary N) is 1. The van der Waals surface area contributed by atoms with Crippen LogP contribution in [0, 0.1) is 0 Å². The van der Waals surface area contributed by atoms with E-state index in [9.17, 15) is 13.2 Å². The molecule has 7 nitrogen and oxygen atoms in total. The zero-order chi connectivity index (χ0) is 15.5. The van der Waals surface area contributed by atoms with Crippen molar-refractivity contribution < 1.29 is 18.3 Å². The van der Waals surface area contributed by atoms with Crippen LogP contribution in [0.15, 0.2) is 47.6 Å². The highest BCUT2D eigenvalue weighted by Crippen LogP contribution is 2.19. The number of pyridine rings is 1. The molecule has 0 saturated heterocycles. The van der Waals surface area contributed by atoms with Crippen molar-refractivity contribution in [1.29, 1.82) is 0 Å². The monoisotopic (exact) mass is 307 g/mol. The first-order chi connectivity index (χ1) is 9.90. The number of nitrogens with two attached hydrogens (primary N) is 1. The molecular formula is C13H13N3O4S. The third kappa shape index (κ3) is 3.56. The molecule has 1 aromatic heterocycles. The highest BCUT2D eigenvalue weighted by molar-refractivity contribution is 7.89. The number of hydrogen-bond donors (Lipinski definition) is 3. The molecule has 0 aliphatic rings. The smallest absolute Gasteiger partial charge is 0.337 e. The van der Waals surface area contributed by atoms with Crippen LogP contribution in [0.2, 0.25) is 0 Å². The molecule has 0 atom stereocenters. The maximum absolute atomic E-state index is 12.2. The van der Waals surface area contributed by atoms with Gasteiger partial charge in [0.05, 0.1) is 10.5 Å². The van der Waals surface area contributed by atoms with Crippen LogP contribution in [-0.4, -0.2) is 24.5 Å². The number of aromatic nitrogens is 1. The van der Waals surface area contributed by atoms with E-state index < -0.39 is 16.0 Å². The molecule has 0 unspecified atom stereocenters. The maximum atomic E-state index is 12.2. The molecule has 21 heavy (non-hydrogen) atoms. The van der Waals surface area contributed by atoms with Gasteiger partial charge in [0.1, 0.15) is 0 Å². The summed E-state index contributed by atoms with van der Waals surface area (Å²) in [6.07, 6.45) is 3.07. The second-order valence-electron chi connectivity index (χ2n) is 4.24. The Morgan fingerprint density at radius 1 is 1.24 bits per heavy atom. The van der Waals surface area contributed by atoms with E-state index in [-0.39, 0.29) is 22.7 Å². The van der Waals surface area contributed by atoms with Gasteiger partial charge in [-0.2, -0.15) is 0 Å². The van der Waals surface area contributed by atoms with Crippen LogP contribution >= 0.6 is 0 Å². The highest BCUT2D eigenvalue weighted by Gasteiger charge is 2.22. The van der Waals surface area contributed by atoms with E-state index in [1.807, 2.05) is 0 Å². The minimum absolute atomic E-state index is 0.0360. The Morgan fingerprint density at radius 2 is 1.90 bits per heavy atom. The molecule has 0 bridgehead atoms. The molecule has 2 rings (SSSR count). The van der Waals surface area contributed by atoms with E-state index in [1.165, 1.54) is 24.5 Å². The molecule has 0 fully saturated rings. The summed E-state index contributed by atoms with van der Waals surface area (Å²) in [5, 5.41) is 9.08. The zero-order valence-electron chi connectivity index (χ0n) is 10.9. The average Bonchev–Trinajstić information content (AvgIpc) is 2.46. The fourth-order valence-electron chi connectivity index (χ4n) is 1.71. The third-order valence-electron chi connectivity index (χ3n) is 2.74. The Hall–Kier alpha value is -2.45. The van der Waals surface area contributed by atoms with Crippen molar-refractivity contribution in [2.24, 2.45) is 0 Å². The summed E-state index contributed by atoms with van der Waals surface area (Å²) < 4.78 is 26.8. The number of rotatable bonds is 5. The predicted octanol–water partition coefficient (Wildman–Crippen LogP) is 0.840. The molecule has 0 radical (unpaired) electrons. The number of carboxylic acid groups (broad SMARTS) is 1. The Balaban J connectivity index is 2.30. The van der Waals surface area contributed by atoms with Gasteiger partial charge in [-0.1, -0.05) is 0 Å². The SMILES string of the molecule is Nc1ccc(S(=O)(=O)NCc2ccncc2)c(C(=O)O)c1. The van der Waals surface area contributed by atoms with E-state index in [0.717, 1.165) is 6.07 Å². The summed E-state index contributed by atoms with van der Waals surface area (Å²) in [4.78, 5) is 14.6. The fourth-order valence-corrected chi connectivity index (χ4v) is 2.90. The van der Waals surface area contributed by atoms with E-state index >= 15 is 0 Å². The van der Waals surface area contributed by atoms with Crippen molar-refractivity contribution in [3.05, 3.63) is 53.9 Å². The largest absolute Gasteiger partial charge is 0.478 e. The second-order valence-corrected chi connectivity index (χ2v) is 5.98. The molecule has 0 saturated carbocycles. The minimum atomic E-state index is -3.96. The zero-order valence-corrected chi connectivity index (χ0v) is 11.7. The summed E-state index contributed by atoms with van der Waals surface area (Å²) in [6.45, 7) is 0.0360. The summed E-state index contributed by atoms with van der Waals surface area (Å²) in [6, 6.07) is 6.94. The van der Waals surface area contributed by atoms with Crippen LogP contribution in [0.25, 0.3) is 0 Å². The number of nitrogen functional groups attached to an aromatic ring is 1. The molecular weight excluding hydrogens is 294 g/mol. The van der Waals surface area contributed by atoms with Crippen molar-refractivity contribution in [3.63, 3.8) is 0 Å². The van der Waals surface area contributed by atoms with Gasteiger partial charge in [-0.05, 0) is 35.9 Å². The minimum Gasteiger partial charge on any atom is -0.478 e. The molecule has 0 aliphatic heterocycles. The van der Waals surface area contributed by atoms with Crippen LogP contribution in [0.4, 0.5) is 5.69 Å². The van der Waals surface area contributed by atoms with Gasteiger partial charge < -0.3 is 10.8 Å². The lowest BCUT2D eigenvalue weighted by Crippen LogP contribution is -2.25. The van der Waals surface area contributed by atoms with Gasteiger partial charge in [0.2, 0.25) is 10.0 Å². The topological polar surface area (TPSA) is 122 Å². The number of hydrogen-bond acceptors (Lipinski definition) is 5. The molecule has 4 N–H and O–H groups in total. The molecule has 110 valence electrons. The highest BCUT2D eigenvalue weighted by atomic mass is 32.2. The Morgan fingerprint density at radius 3 is 2.52 bits per heavy atom. The molecule has 1 aromatic carbocycles. The van der Waals surface area contributed by atoms with Gasteiger partial charge in [-0.3, -0.25) is 4.98 Å². The first kappa shape index (κ1) is 14.9. The first-order valence-corrected chi connectivity index (χ1v) is 7.40. The predicted molar refractivity (Wildman–Crippen MR) is 76.1 cm³/mol. The van der Waals surface area contributed by atoms with Gasteiger partial charge in [0, 0.05) is 24.6 Å². The van der Waals surface area contributed by atoms with E-state index in [4.69, 9.17) is 10.8 Å². The lowest BCUT2D eigenvalue weighted by Gasteiger charge is -2.10. The number of nitrogens with zero attached hydrogens (tertiary/aromatic N) is 1. The van der Waals surface area contributed by atoms with E-state index in [2.05, 4.69) is 9.71 Å². The Bertz CT molecular complexity index is 760. The van der Waals surface area contributed by atoms with Crippen LogP contribution in [-0.2, 0) is 16.6 Å². The number of benzene rings is 1. The average molecular weight is 307 g/mol. The second kappa shape index (κ2) is 5.90. The molecule has 0 amide bonds. The molecule has 2 aromatic rings. The van der Waals surface area contributed by atoms with Crippen molar-refractivity contribution in [1.82, 2.24) is 9.71 Å². The van der Waals surface area contributed by atoms with Crippen molar-refractivity contribution in [3.8, 4) is 0 Å². The van der Waals surface area contributed by atoms with Gasteiger partial charge >= 0.3 is 5.97 Å². The number of aromatic carboxylic acids is 1. The van der Waals surface area contributed by atoms with Crippen molar-refractivity contribution >= 4 is 21.7 Å². The fraction of sp³-hybridized carbons (Fsp3) is 0.0769. The molecule has 8 heteroatoms. The van der Waals surface area contributed by atoms with E-state index in [1.54, 1.807) is 12.1 Å². The molecule has 0 spiro atoms. The third-order valence-corrected chi connectivity index (χ3v) is 4.20. The van der Waals surface area contributed by atoms with Gasteiger partial charge in [0.15, 0.2) is 0 Å². The van der Waals surface area contributed by atoms with Crippen LogP contribution in [0.5, 0.6) is 0 Å².